The molecular weight excluding hydrogens is 236 g/mol. The molecule has 1 heterocycles. The van der Waals surface area contributed by atoms with Gasteiger partial charge in [0.2, 0.25) is 0 Å². The van der Waals surface area contributed by atoms with Crippen molar-refractivity contribution in [3.05, 3.63) is 35.5 Å². The minimum Gasteiger partial charge on any atom is -0.382 e. The number of aromatic amines is 1. The molecule has 0 bridgehead atoms. The Kier molecular flexibility index (Phi) is 4.01. The summed E-state index contributed by atoms with van der Waals surface area (Å²) in [6.07, 6.45) is 2.70. The van der Waals surface area contributed by atoms with E-state index in [0.29, 0.717) is 11.6 Å². The summed E-state index contributed by atoms with van der Waals surface area (Å²) in [6, 6.07) is 7.67. The maximum Gasteiger partial charge on any atom is 0.0882 e. The first-order chi connectivity index (χ1) is 8.31. The van der Waals surface area contributed by atoms with Crippen LogP contribution in [0.4, 0.5) is 5.69 Å². The fourth-order valence-electron chi connectivity index (χ4n) is 1.61. The maximum atomic E-state index is 5.97. The van der Waals surface area contributed by atoms with Gasteiger partial charge in [-0.15, -0.1) is 0 Å². The zero-order valence-electron chi connectivity index (χ0n) is 9.41. The predicted molar refractivity (Wildman–Crippen MR) is 71.2 cm³/mol. The van der Waals surface area contributed by atoms with Crippen molar-refractivity contribution in [2.75, 3.05) is 18.4 Å². The molecule has 0 aliphatic heterocycles. The minimum absolute atomic E-state index is 0.678. The van der Waals surface area contributed by atoms with E-state index in [9.17, 15) is 0 Å². The maximum absolute atomic E-state index is 5.97. The van der Waals surface area contributed by atoms with Crippen LogP contribution < -0.4 is 11.1 Å². The number of nitrogens with two attached hydrogens (primary N) is 1. The van der Waals surface area contributed by atoms with Crippen molar-refractivity contribution in [2.24, 2.45) is 5.73 Å². The standard InChI is InChI=1S/C12H15ClN4/c13-10-4-1-3-9(7-10)12-11(8-16-17-12)15-6-2-5-14/h1,3-4,7-8,15H,2,5-6,14H2,(H,16,17). The van der Waals surface area contributed by atoms with Crippen molar-refractivity contribution in [3.63, 3.8) is 0 Å². The highest BCUT2D eigenvalue weighted by Gasteiger charge is 2.07. The topological polar surface area (TPSA) is 66.7 Å². The van der Waals surface area contributed by atoms with Gasteiger partial charge in [0.25, 0.3) is 0 Å². The Bertz CT molecular complexity index is 481. The van der Waals surface area contributed by atoms with E-state index >= 15 is 0 Å². The first-order valence-corrected chi connectivity index (χ1v) is 5.92. The minimum atomic E-state index is 0.678. The van der Waals surface area contributed by atoms with Gasteiger partial charge in [0.05, 0.1) is 17.6 Å². The van der Waals surface area contributed by atoms with Gasteiger partial charge in [-0.05, 0) is 25.1 Å². The van der Waals surface area contributed by atoms with Crippen LogP contribution in [0.15, 0.2) is 30.5 Å². The van der Waals surface area contributed by atoms with Gasteiger partial charge in [-0.3, -0.25) is 5.10 Å². The molecular formula is C12H15ClN4. The fraction of sp³-hybridized carbons (Fsp3) is 0.250. The van der Waals surface area contributed by atoms with Gasteiger partial charge in [-0.25, -0.2) is 0 Å². The largest absolute Gasteiger partial charge is 0.382 e. The second-order valence-corrected chi connectivity index (χ2v) is 4.17. The highest BCUT2D eigenvalue weighted by Crippen LogP contribution is 2.27. The molecule has 0 spiro atoms. The summed E-state index contributed by atoms with van der Waals surface area (Å²) in [5.41, 5.74) is 8.40. The van der Waals surface area contributed by atoms with Crippen molar-refractivity contribution < 1.29 is 0 Å². The van der Waals surface area contributed by atoms with Crippen LogP contribution in [-0.2, 0) is 0 Å². The van der Waals surface area contributed by atoms with Crippen molar-refractivity contribution in [2.45, 2.75) is 6.42 Å². The molecule has 90 valence electrons. The van der Waals surface area contributed by atoms with Crippen molar-refractivity contribution in [1.82, 2.24) is 10.2 Å². The summed E-state index contributed by atoms with van der Waals surface area (Å²) in [5.74, 6) is 0. The number of nitrogens with zero attached hydrogens (tertiary/aromatic N) is 1. The Morgan fingerprint density at radius 1 is 1.41 bits per heavy atom. The van der Waals surface area contributed by atoms with Gasteiger partial charge < -0.3 is 11.1 Å². The van der Waals surface area contributed by atoms with E-state index in [-0.39, 0.29) is 0 Å². The smallest absolute Gasteiger partial charge is 0.0882 e. The van der Waals surface area contributed by atoms with Gasteiger partial charge in [-0.1, -0.05) is 23.7 Å². The lowest BCUT2D eigenvalue weighted by Gasteiger charge is -2.06. The number of nitrogens with one attached hydrogen (secondary N) is 2. The Morgan fingerprint density at radius 3 is 3.06 bits per heavy atom. The van der Waals surface area contributed by atoms with E-state index in [2.05, 4.69) is 15.5 Å². The number of H-pyrrole nitrogens is 1. The molecule has 0 fully saturated rings. The third kappa shape index (κ3) is 2.99. The van der Waals surface area contributed by atoms with Crippen LogP contribution >= 0.6 is 11.6 Å². The molecule has 2 rings (SSSR count). The number of rotatable bonds is 5. The molecule has 5 heteroatoms. The summed E-state index contributed by atoms with van der Waals surface area (Å²) in [7, 11) is 0. The molecule has 0 aliphatic carbocycles. The lowest BCUT2D eigenvalue weighted by molar-refractivity contribution is 0.875. The second kappa shape index (κ2) is 5.70. The summed E-state index contributed by atoms with van der Waals surface area (Å²) in [6.45, 7) is 1.51. The Morgan fingerprint density at radius 2 is 2.29 bits per heavy atom. The van der Waals surface area contributed by atoms with Gasteiger partial charge in [0.1, 0.15) is 0 Å². The van der Waals surface area contributed by atoms with Crippen LogP contribution in [0.2, 0.25) is 5.02 Å². The van der Waals surface area contributed by atoms with E-state index in [4.69, 9.17) is 17.3 Å². The molecule has 0 saturated carbocycles. The van der Waals surface area contributed by atoms with Crippen LogP contribution in [0, 0.1) is 0 Å². The van der Waals surface area contributed by atoms with Gasteiger partial charge >= 0.3 is 0 Å². The quantitative estimate of drug-likeness (QED) is 0.715. The number of hydrogen-bond acceptors (Lipinski definition) is 3. The second-order valence-electron chi connectivity index (χ2n) is 3.74. The van der Waals surface area contributed by atoms with Gasteiger partial charge in [-0.2, -0.15) is 5.10 Å². The highest BCUT2D eigenvalue weighted by molar-refractivity contribution is 6.30. The van der Waals surface area contributed by atoms with Crippen molar-refractivity contribution in [3.8, 4) is 11.3 Å². The normalized spacial score (nSPS) is 10.5. The molecule has 17 heavy (non-hydrogen) atoms. The third-order valence-corrected chi connectivity index (χ3v) is 2.68. The van der Waals surface area contributed by atoms with E-state index < -0.39 is 0 Å². The van der Waals surface area contributed by atoms with Gasteiger partial charge in [0, 0.05) is 17.1 Å². The van der Waals surface area contributed by atoms with Crippen LogP contribution in [-0.4, -0.2) is 23.3 Å². The molecule has 4 nitrogen and oxygen atoms in total. The molecule has 0 radical (unpaired) electrons. The van der Waals surface area contributed by atoms with E-state index in [1.807, 2.05) is 24.3 Å². The summed E-state index contributed by atoms with van der Waals surface area (Å²) < 4.78 is 0. The molecule has 4 N–H and O–H groups in total. The average Bonchev–Trinajstić information content (AvgIpc) is 2.78. The fourth-order valence-corrected chi connectivity index (χ4v) is 1.80. The first-order valence-electron chi connectivity index (χ1n) is 5.54. The molecule has 0 amide bonds. The lowest BCUT2D eigenvalue weighted by Crippen LogP contribution is -2.08. The van der Waals surface area contributed by atoms with E-state index in [1.165, 1.54) is 0 Å². The molecule has 0 unspecified atom stereocenters. The SMILES string of the molecule is NCCCNc1cn[nH]c1-c1cccc(Cl)c1. The molecule has 0 aliphatic rings. The zero-order chi connectivity index (χ0) is 12.1. The Labute approximate surface area is 105 Å². The molecule has 2 aromatic rings. The van der Waals surface area contributed by atoms with Crippen LogP contribution in [0.1, 0.15) is 6.42 Å². The number of hydrogen-bond donors (Lipinski definition) is 3. The van der Waals surface area contributed by atoms with Crippen molar-refractivity contribution >= 4 is 17.3 Å². The summed E-state index contributed by atoms with van der Waals surface area (Å²) in [4.78, 5) is 0. The van der Waals surface area contributed by atoms with Crippen molar-refractivity contribution in [1.29, 1.82) is 0 Å². The third-order valence-electron chi connectivity index (χ3n) is 2.45. The van der Waals surface area contributed by atoms with Crippen LogP contribution in [0.5, 0.6) is 0 Å². The number of anilines is 1. The predicted octanol–water partition coefficient (Wildman–Crippen LogP) is 2.49. The lowest BCUT2D eigenvalue weighted by atomic mass is 10.1. The highest BCUT2D eigenvalue weighted by atomic mass is 35.5. The number of aromatic nitrogens is 2. The van der Waals surface area contributed by atoms with E-state index in [1.54, 1.807) is 6.20 Å². The Hall–Kier alpha value is -1.52. The molecule has 1 aromatic carbocycles. The van der Waals surface area contributed by atoms with Gasteiger partial charge in [0.15, 0.2) is 0 Å². The first kappa shape index (κ1) is 12.0. The number of benzene rings is 1. The molecule has 0 atom stereocenters. The zero-order valence-corrected chi connectivity index (χ0v) is 10.2. The Balaban J connectivity index is 2.18. The summed E-state index contributed by atoms with van der Waals surface area (Å²) >= 11 is 5.97. The summed E-state index contributed by atoms with van der Waals surface area (Å²) in [5, 5.41) is 11.0. The van der Waals surface area contributed by atoms with Crippen LogP contribution in [0.3, 0.4) is 0 Å². The monoisotopic (exact) mass is 250 g/mol. The van der Waals surface area contributed by atoms with E-state index in [0.717, 1.165) is 29.9 Å². The number of halogens is 1. The van der Waals surface area contributed by atoms with Crippen LogP contribution in [0.25, 0.3) is 11.3 Å². The molecule has 0 saturated heterocycles. The average molecular weight is 251 g/mol. The molecule has 1 aromatic heterocycles.